The average Bonchev–Trinajstić information content (AvgIpc) is 2.83. The molecule has 0 spiro atoms. The molecule has 0 aliphatic rings. The van der Waals surface area contributed by atoms with Crippen LogP contribution in [0.25, 0.3) is 0 Å². The Balaban J connectivity index is 2.03. The summed E-state index contributed by atoms with van der Waals surface area (Å²) in [6, 6.07) is 4.51. The van der Waals surface area contributed by atoms with Crippen LogP contribution in [0.15, 0.2) is 22.6 Å². The first-order valence-corrected chi connectivity index (χ1v) is 6.56. The number of aryl methyl sites for hydroxylation is 1. The molecule has 0 radical (unpaired) electrons. The predicted octanol–water partition coefficient (Wildman–Crippen LogP) is 2.24. The van der Waals surface area contributed by atoms with Crippen LogP contribution in [0.2, 0.25) is 0 Å². The lowest BCUT2D eigenvalue weighted by Gasteiger charge is -2.09. The normalized spacial score (nSPS) is 12.4. The van der Waals surface area contributed by atoms with E-state index in [1.54, 1.807) is 6.07 Å². The van der Waals surface area contributed by atoms with Crippen LogP contribution < -0.4 is 10.5 Å². The van der Waals surface area contributed by atoms with Crippen molar-refractivity contribution in [3.8, 4) is 5.75 Å². The van der Waals surface area contributed by atoms with E-state index in [9.17, 15) is 4.39 Å². The molecule has 2 rings (SSSR count). The maximum absolute atomic E-state index is 13.5. The minimum Gasteiger partial charge on any atom is -0.484 e. The number of nitrogens with zero attached hydrogens (tertiary/aromatic N) is 2. The van der Waals surface area contributed by atoms with Crippen LogP contribution in [0.4, 0.5) is 4.39 Å². The molecule has 0 aliphatic carbocycles. The number of ether oxygens (including phenoxy) is 1. The van der Waals surface area contributed by atoms with Gasteiger partial charge >= 0.3 is 0 Å². The van der Waals surface area contributed by atoms with E-state index < -0.39 is 0 Å². The number of benzene rings is 1. The Kier molecular flexibility index (Phi) is 4.68. The Bertz CT molecular complexity index is 569. The highest BCUT2D eigenvalue weighted by molar-refractivity contribution is 5.30. The summed E-state index contributed by atoms with van der Waals surface area (Å²) in [5, 5.41) is 7.67. The van der Waals surface area contributed by atoms with Gasteiger partial charge in [-0.25, -0.2) is 4.39 Å². The molecular weight excluding hydrogens is 261 g/mol. The number of aromatic nitrogens is 2. The second-order valence-electron chi connectivity index (χ2n) is 4.71. The first kappa shape index (κ1) is 14.5. The van der Waals surface area contributed by atoms with Crippen molar-refractivity contribution in [3.63, 3.8) is 0 Å². The average molecular weight is 279 g/mol. The fraction of sp³-hybridized carbons (Fsp3) is 0.429. The summed E-state index contributed by atoms with van der Waals surface area (Å²) in [5.74, 6) is 1.01. The highest BCUT2D eigenvalue weighted by Gasteiger charge is 2.08. The molecule has 0 aliphatic heterocycles. The fourth-order valence-corrected chi connectivity index (χ4v) is 1.83. The molecule has 2 N–H and O–H groups in total. The number of hydrogen-bond donors (Lipinski definition) is 1. The molecule has 0 bridgehead atoms. The maximum atomic E-state index is 13.5. The molecule has 2 aromatic rings. The summed E-state index contributed by atoms with van der Waals surface area (Å²) in [7, 11) is 0. The van der Waals surface area contributed by atoms with Gasteiger partial charge in [0.1, 0.15) is 11.6 Å². The lowest BCUT2D eigenvalue weighted by molar-refractivity contribution is 0.258. The van der Waals surface area contributed by atoms with Crippen LogP contribution in [0.5, 0.6) is 5.75 Å². The van der Waals surface area contributed by atoms with Gasteiger partial charge < -0.3 is 14.9 Å². The van der Waals surface area contributed by atoms with E-state index in [4.69, 9.17) is 14.9 Å². The molecule has 1 aromatic heterocycles. The topological polar surface area (TPSA) is 74.2 Å². The zero-order valence-corrected chi connectivity index (χ0v) is 11.6. The predicted molar refractivity (Wildman–Crippen MR) is 71.8 cm³/mol. The highest BCUT2D eigenvalue weighted by atomic mass is 19.1. The van der Waals surface area contributed by atoms with Gasteiger partial charge in [0.2, 0.25) is 5.89 Å². The van der Waals surface area contributed by atoms with Gasteiger partial charge in [0.25, 0.3) is 5.89 Å². The SMILES string of the molecule is CCc1nnc(COc2cc(F)cc(CC(C)N)c2)o1. The Hall–Kier alpha value is -1.95. The van der Waals surface area contributed by atoms with Crippen LogP contribution in [-0.4, -0.2) is 16.2 Å². The van der Waals surface area contributed by atoms with E-state index >= 15 is 0 Å². The van der Waals surface area contributed by atoms with Gasteiger partial charge in [0, 0.05) is 18.5 Å². The van der Waals surface area contributed by atoms with Gasteiger partial charge in [-0.05, 0) is 31.0 Å². The van der Waals surface area contributed by atoms with Crippen molar-refractivity contribution >= 4 is 0 Å². The molecule has 5 nitrogen and oxygen atoms in total. The number of rotatable bonds is 6. The van der Waals surface area contributed by atoms with E-state index in [1.807, 2.05) is 13.8 Å². The van der Waals surface area contributed by atoms with Crippen molar-refractivity contribution in [1.29, 1.82) is 0 Å². The van der Waals surface area contributed by atoms with Crippen molar-refractivity contribution < 1.29 is 13.5 Å². The van der Waals surface area contributed by atoms with Gasteiger partial charge in [-0.2, -0.15) is 0 Å². The van der Waals surface area contributed by atoms with Crippen molar-refractivity contribution in [3.05, 3.63) is 41.4 Å². The van der Waals surface area contributed by atoms with Crippen molar-refractivity contribution in [2.75, 3.05) is 0 Å². The second-order valence-corrected chi connectivity index (χ2v) is 4.71. The molecule has 0 fully saturated rings. The summed E-state index contributed by atoms with van der Waals surface area (Å²) in [5.41, 5.74) is 6.51. The van der Waals surface area contributed by atoms with Crippen LogP contribution in [-0.2, 0) is 19.4 Å². The molecule has 1 heterocycles. The quantitative estimate of drug-likeness (QED) is 0.877. The van der Waals surface area contributed by atoms with Gasteiger partial charge in [0.15, 0.2) is 6.61 Å². The number of hydrogen-bond acceptors (Lipinski definition) is 5. The summed E-state index contributed by atoms with van der Waals surface area (Å²) in [6.07, 6.45) is 1.26. The van der Waals surface area contributed by atoms with Crippen molar-refractivity contribution in [2.45, 2.75) is 39.3 Å². The Labute approximate surface area is 116 Å². The Morgan fingerprint density at radius 1 is 1.30 bits per heavy atom. The van der Waals surface area contributed by atoms with E-state index in [0.717, 1.165) is 5.56 Å². The summed E-state index contributed by atoms with van der Waals surface area (Å²) in [6.45, 7) is 3.91. The maximum Gasteiger partial charge on any atom is 0.253 e. The third-order valence-corrected chi connectivity index (χ3v) is 2.66. The number of nitrogens with two attached hydrogens (primary N) is 1. The molecule has 0 amide bonds. The Morgan fingerprint density at radius 2 is 2.05 bits per heavy atom. The van der Waals surface area contributed by atoms with Gasteiger partial charge in [-0.1, -0.05) is 6.92 Å². The van der Waals surface area contributed by atoms with Gasteiger partial charge in [-0.3, -0.25) is 0 Å². The molecule has 0 saturated carbocycles. The first-order chi connectivity index (χ1) is 9.56. The zero-order valence-electron chi connectivity index (χ0n) is 11.6. The molecule has 108 valence electrons. The van der Waals surface area contributed by atoms with Crippen LogP contribution in [0.3, 0.4) is 0 Å². The van der Waals surface area contributed by atoms with Crippen LogP contribution >= 0.6 is 0 Å². The van der Waals surface area contributed by atoms with Crippen molar-refractivity contribution in [1.82, 2.24) is 10.2 Å². The van der Waals surface area contributed by atoms with Crippen LogP contribution in [0.1, 0.15) is 31.2 Å². The molecule has 6 heteroatoms. The van der Waals surface area contributed by atoms with Crippen molar-refractivity contribution in [2.24, 2.45) is 5.73 Å². The minimum atomic E-state index is -0.349. The standard InChI is InChI=1S/C14H18FN3O2/c1-3-13-17-18-14(20-13)8-19-12-6-10(4-9(2)16)5-11(15)7-12/h5-7,9H,3-4,8,16H2,1-2H3. The largest absolute Gasteiger partial charge is 0.484 e. The summed E-state index contributed by atoms with van der Waals surface area (Å²) in [4.78, 5) is 0. The monoisotopic (exact) mass is 279 g/mol. The zero-order chi connectivity index (χ0) is 14.5. The first-order valence-electron chi connectivity index (χ1n) is 6.56. The van der Waals surface area contributed by atoms with Gasteiger partial charge in [-0.15, -0.1) is 10.2 Å². The van der Waals surface area contributed by atoms with E-state index in [1.165, 1.54) is 12.1 Å². The third kappa shape index (κ3) is 4.03. The highest BCUT2D eigenvalue weighted by Crippen LogP contribution is 2.18. The lowest BCUT2D eigenvalue weighted by atomic mass is 10.1. The van der Waals surface area contributed by atoms with E-state index in [0.29, 0.717) is 30.4 Å². The van der Waals surface area contributed by atoms with E-state index in [2.05, 4.69) is 10.2 Å². The smallest absolute Gasteiger partial charge is 0.253 e. The minimum absolute atomic E-state index is 0.0345. The second kappa shape index (κ2) is 6.47. The molecule has 1 atom stereocenters. The van der Waals surface area contributed by atoms with E-state index in [-0.39, 0.29) is 18.5 Å². The molecule has 20 heavy (non-hydrogen) atoms. The molecule has 0 saturated heterocycles. The summed E-state index contributed by atoms with van der Waals surface area (Å²) < 4.78 is 24.3. The molecule has 1 aromatic carbocycles. The Morgan fingerprint density at radius 3 is 2.70 bits per heavy atom. The lowest BCUT2D eigenvalue weighted by Crippen LogP contribution is -2.17. The molecule has 1 unspecified atom stereocenters. The van der Waals surface area contributed by atoms with Gasteiger partial charge in [0.05, 0.1) is 0 Å². The molecular formula is C14H18FN3O2. The third-order valence-electron chi connectivity index (χ3n) is 2.66. The summed E-state index contributed by atoms with van der Waals surface area (Å²) >= 11 is 0. The van der Waals surface area contributed by atoms with Crippen LogP contribution in [0, 0.1) is 5.82 Å². The fourth-order valence-electron chi connectivity index (χ4n) is 1.83. The number of halogens is 1.